The van der Waals surface area contributed by atoms with Crippen molar-refractivity contribution in [2.45, 2.75) is 26.2 Å². The number of thiazole rings is 1. The van der Waals surface area contributed by atoms with E-state index in [1.54, 1.807) is 12.4 Å². The van der Waals surface area contributed by atoms with Gasteiger partial charge in [-0.2, -0.15) is 9.50 Å². The van der Waals surface area contributed by atoms with E-state index in [4.69, 9.17) is 0 Å². The van der Waals surface area contributed by atoms with Gasteiger partial charge in [0.2, 0.25) is 4.96 Å². The quantitative estimate of drug-likeness (QED) is 0.550. The maximum atomic E-state index is 12.6. The minimum atomic E-state index is -0.146. The van der Waals surface area contributed by atoms with Crippen LogP contribution in [0.15, 0.2) is 53.6 Å². The van der Waals surface area contributed by atoms with Gasteiger partial charge >= 0.3 is 0 Å². The van der Waals surface area contributed by atoms with Gasteiger partial charge in [-0.05, 0) is 34.8 Å². The molecule has 0 fully saturated rings. The molecule has 0 atom stereocenters. The molecular formula is C20H18N4OS. The Bertz CT molecular complexity index is 1170. The highest BCUT2D eigenvalue weighted by Crippen LogP contribution is 2.22. The van der Waals surface area contributed by atoms with Crippen molar-refractivity contribution in [2.75, 3.05) is 0 Å². The van der Waals surface area contributed by atoms with E-state index < -0.39 is 0 Å². The first-order valence-electron chi connectivity index (χ1n) is 8.34. The second-order valence-electron chi connectivity index (χ2n) is 7.16. The molecule has 0 unspecified atom stereocenters. The number of nitrogens with zero attached hydrogens (tertiary/aromatic N) is 4. The van der Waals surface area contributed by atoms with Crippen molar-refractivity contribution in [3.05, 3.63) is 74.8 Å². The summed E-state index contributed by atoms with van der Waals surface area (Å²) in [7, 11) is 0. The lowest BCUT2D eigenvalue weighted by Crippen LogP contribution is -2.23. The van der Waals surface area contributed by atoms with Crippen LogP contribution < -0.4 is 10.1 Å². The van der Waals surface area contributed by atoms with Crippen LogP contribution in [0.1, 0.15) is 31.9 Å². The van der Waals surface area contributed by atoms with Crippen molar-refractivity contribution >= 4 is 22.4 Å². The highest BCUT2D eigenvalue weighted by Gasteiger charge is 2.13. The third kappa shape index (κ3) is 3.04. The zero-order valence-electron chi connectivity index (χ0n) is 14.8. The first-order valence-corrected chi connectivity index (χ1v) is 9.16. The van der Waals surface area contributed by atoms with Gasteiger partial charge in [-0.1, -0.05) is 56.4 Å². The largest absolute Gasteiger partial charge is 0.291 e. The van der Waals surface area contributed by atoms with E-state index >= 15 is 0 Å². The van der Waals surface area contributed by atoms with E-state index in [0.29, 0.717) is 15.3 Å². The molecule has 4 rings (SSSR count). The van der Waals surface area contributed by atoms with Crippen molar-refractivity contribution in [3.8, 4) is 11.4 Å². The lowest BCUT2D eigenvalue weighted by atomic mass is 9.87. The van der Waals surface area contributed by atoms with Crippen LogP contribution in [0.3, 0.4) is 0 Å². The minimum absolute atomic E-state index is 0.110. The number of aromatic nitrogens is 4. The average Bonchev–Trinajstić information content (AvgIpc) is 3.16. The summed E-state index contributed by atoms with van der Waals surface area (Å²) in [5.41, 5.74) is 3.02. The molecule has 130 valence electrons. The van der Waals surface area contributed by atoms with Gasteiger partial charge in [0, 0.05) is 18.0 Å². The smallest absolute Gasteiger partial charge is 0.266 e. The van der Waals surface area contributed by atoms with E-state index in [9.17, 15) is 4.79 Å². The molecule has 26 heavy (non-hydrogen) atoms. The van der Waals surface area contributed by atoms with E-state index in [0.717, 1.165) is 11.1 Å². The number of rotatable bonds is 2. The molecule has 4 aromatic rings. The zero-order valence-corrected chi connectivity index (χ0v) is 15.6. The fourth-order valence-electron chi connectivity index (χ4n) is 2.68. The maximum absolute atomic E-state index is 12.6. The molecular weight excluding hydrogens is 344 g/mol. The highest BCUT2D eigenvalue weighted by atomic mass is 32.1. The van der Waals surface area contributed by atoms with Crippen LogP contribution in [0, 0.1) is 0 Å². The molecule has 0 amide bonds. The van der Waals surface area contributed by atoms with Crippen molar-refractivity contribution in [2.24, 2.45) is 0 Å². The lowest BCUT2D eigenvalue weighted by molar-refractivity contribution is 0.590. The van der Waals surface area contributed by atoms with E-state index in [1.165, 1.54) is 21.4 Å². The van der Waals surface area contributed by atoms with E-state index in [1.807, 2.05) is 30.3 Å². The Balaban J connectivity index is 1.74. The Morgan fingerprint density at radius 2 is 1.88 bits per heavy atom. The fraction of sp³-hybridized carbons (Fsp3) is 0.200. The molecule has 3 aromatic heterocycles. The van der Waals surface area contributed by atoms with Gasteiger partial charge in [0.15, 0.2) is 5.82 Å². The van der Waals surface area contributed by atoms with Crippen LogP contribution in [-0.4, -0.2) is 19.6 Å². The molecule has 0 aliphatic carbocycles. The molecule has 0 aliphatic rings. The molecule has 6 heteroatoms. The summed E-state index contributed by atoms with van der Waals surface area (Å²) < 4.78 is 1.99. The molecule has 0 aliphatic heterocycles. The predicted molar refractivity (Wildman–Crippen MR) is 104 cm³/mol. The first-order chi connectivity index (χ1) is 12.4. The van der Waals surface area contributed by atoms with Crippen molar-refractivity contribution in [1.82, 2.24) is 19.6 Å². The average molecular weight is 362 g/mol. The Morgan fingerprint density at radius 3 is 2.50 bits per heavy atom. The van der Waals surface area contributed by atoms with E-state index in [2.05, 4.69) is 48.0 Å². The number of hydrogen-bond acceptors (Lipinski definition) is 5. The van der Waals surface area contributed by atoms with Crippen molar-refractivity contribution in [1.29, 1.82) is 0 Å². The number of pyridine rings is 1. The zero-order chi connectivity index (χ0) is 18.3. The Labute approximate surface area is 154 Å². The van der Waals surface area contributed by atoms with Crippen molar-refractivity contribution in [3.63, 3.8) is 0 Å². The second-order valence-corrected chi connectivity index (χ2v) is 8.17. The maximum Gasteiger partial charge on any atom is 0.291 e. The SMILES string of the molecule is CC(C)(C)c1ccc(/C=c2/sc3nc(-c4cccnc4)nn3c2=O)cc1. The van der Waals surface area contributed by atoms with Crippen LogP contribution in [0.4, 0.5) is 0 Å². The van der Waals surface area contributed by atoms with Gasteiger partial charge in [-0.15, -0.1) is 5.10 Å². The third-order valence-electron chi connectivity index (χ3n) is 4.18. The van der Waals surface area contributed by atoms with Crippen LogP contribution >= 0.6 is 11.3 Å². The fourth-order valence-corrected chi connectivity index (χ4v) is 3.59. The Kier molecular flexibility index (Phi) is 3.92. The van der Waals surface area contributed by atoms with Gasteiger partial charge < -0.3 is 0 Å². The third-order valence-corrected chi connectivity index (χ3v) is 5.14. The van der Waals surface area contributed by atoms with Crippen molar-refractivity contribution < 1.29 is 0 Å². The molecule has 3 heterocycles. The minimum Gasteiger partial charge on any atom is -0.266 e. The number of fused-ring (bicyclic) bond motifs is 1. The monoisotopic (exact) mass is 362 g/mol. The molecule has 0 saturated carbocycles. The molecule has 0 saturated heterocycles. The molecule has 0 radical (unpaired) electrons. The summed E-state index contributed by atoms with van der Waals surface area (Å²) in [5, 5.41) is 4.33. The molecule has 1 aromatic carbocycles. The summed E-state index contributed by atoms with van der Waals surface area (Å²) >= 11 is 1.34. The molecule has 0 bridgehead atoms. The standard InChI is InChI=1S/C20H18N4OS/c1-20(2,3)15-8-6-13(7-9-15)11-16-18(25)24-19(26-16)22-17(23-24)14-5-4-10-21-12-14/h4-12H,1-3H3/b16-11+. The van der Waals surface area contributed by atoms with Crippen LogP contribution in [0.5, 0.6) is 0 Å². The van der Waals surface area contributed by atoms with Crippen LogP contribution in [-0.2, 0) is 5.41 Å². The number of benzene rings is 1. The number of hydrogen-bond donors (Lipinski definition) is 0. The summed E-state index contributed by atoms with van der Waals surface area (Å²) in [6.07, 6.45) is 5.27. The van der Waals surface area contributed by atoms with Gasteiger partial charge in [0.1, 0.15) is 0 Å². The predicted octanol–water partition coefficient (Wildman–Crippen LogP) is 3.06. The summed E-state index contributed by atoms with van der Waals surface area (Å²) in [6.45, 7) is 6.55. The molecule has 5 nitrogen and oxygen atoms in total. The Hall–Kier alpha value is -2.86. The van der Waals surface area contributed by atoms with Crippen LogP contribution in [0.2, 0.25) is 0 Å². The van der Waals surface area contributed by atoms with Gasteiger partial charge in [-0.25, -0.2) is 0 Å². The highest BCUT2D eigenvalue weighted by molar-refractivity contribution is 7.15. The van der Waals surface area contributed by atoms with Gasteiger partial charge in [-0.3, -0.25) is 9.78 Å². The summed E-state index contributed by atoms with van der Waals surface area (Å²) in [5.74, 6) is 0.516. The molecule has 0 N–H and O–H groups in total. The Morgan fingerprint density at radius 1 is 1.12 bits per heavy atom. The first kappa shape index (κ1) is 16.6. The normalized spacial score (nSPS) is 12.8. The molecule has 0 spiro atoms. The second kappa shape index (κ2) is 6.14. The van der Waals surface area contributed by atoms with Gasteiger partial charge in [0.25, 0.3) is 5.56 Å². The van der Waals surface area contributed by atoms with E-state index in [-0.39, 0.29) is 11.0 Å². The van der Waals surface area contributed by atoms with Gasteiger partial charge in [0.05, 0.1) is 4.53 Å². The topological polar surface area (TPSA) is 60.1 Å². The summed E-state index contributed by atoms with van der Waals surface area (Å²) in [4.78, 5) is 21.7. The lowest BCUT2D eigenvalue weighted by Gasteiger charge is -2.18. The summed E-state index contributed by atoms with van der Waals surface area (Å²) in [6, 6.07) is 12.0. The van der Waals surface area contributed by atoms with Crippen LogP contribution in [0.25, 0.3) is 22.4 Å².